The second-order valence-corrected chi connectivity index (χ2v) is 3.30. The van der Waals surface area contributed by atoms with Gasteiger partial charge in [-0.2, -0.15) is 0 Å². The molecule has 2 aliphatic heterocycles. The minimum absolute atomic E-state index is 0.0896. The van der Waals surface area contributed by atoms with Crippen molar-refractivity contribution in [2.24, 2.45) is 0 Å². The first kappa shape index (κ1) is 9.15. The van der Waals surface area contributed by atoms with Crippen molar-refractivity contribution in [2.45, 2.75) is 25.2 Å². The lowest BCUT2D eigenvalue weighted by Gasteiger charge is -2.08. The van der Waals surface area contributed by atoms with Gasteiger partial charge < -0.3 is 9.47 Å². The van der Waals surface area contributed by atoms with Crippen LogP contribution in [-0.4, -0.2) is 30.1 Å². The average Bonchev–Trinajstić information content (AvgIpc) is 2.89. The Bertz CT molecular complexity index is 329. The lowest BCUT2D eigenvalue weighted by atomic mass is 10.2. The van der Waals surface area contributed by atoms with Gasteiger partial charge in [-0.15, -0.1) is 0 Å². The minimum atomic E-state index is -0.504. The van der Waals surface area contributed by atoms with Gasteiger partial charge in [0.05, 0.1) is 0 Å². The average molecular weight is 194 g/mol. The van der Waals surface area contributed by atoms with Gasteiger partial charge in [0.15, 0.2) is 5.78 Å². The quantitative estimate of drug-likeness (QED) is 0.413. The van der Waals surface area contributed by atoms with Gasteiger partial charge in [-0.1, -0.05) is 0 Å². The van der Waals surface area contributed by atoms with Gasteiger partial charge in [-0.05, 0) is 25.2 Å². The number of carbonyl (C=O) groups excluding carboxylic acids is 2. The fraction of sp³-hybridized carbons (Fsp3) is 0.400. The van der Waals surface area contributed by atoms with Crippen LogP contribution in [0.5, 0.6) is 0 Å². The number of cyclic esters (lactones) is 1. The summed E-state index contributed by atoms with van der Waals surface area (Å²) >= 11 is 0. The smallest absolute Gasteiger partial charge is 0.331 e. The first-order valence-electron chi connectivity index (χ1n) is 4.43. The lowest BCUT2D eigenvalue weighted by Crippen LogP contribution is -2.21. The van der Waals surface area contributed by atoms with E-state index >= 15 is 0 Å². The van der Waals surface area contributed by atoms with Gasteiger partial charge in [0, 0.05) is 6.08 Å². The number of esters is 1. The van der Waals surface area contributed by atoms with Gasteiger partial charge in [-0.25, -0.2) is 4.79 Å². The zero-order valence-corrected chi connectivity index (χ0v) is 7.67. The molecule has 0 aromatic carbocycles. The van der Waals surface area contributed by atoms with Crippen LogP contribution in [0.15, 0.2) is 24.3 Å². The van der Waals surface area contributed by atoms with E-state index in [4.69, 9.17) is 9.47 Å². The van der Waals surface area contributed by atoms with Crippen molar-refractivity contribution >= 4 is 11.8 Å². The molecule has 2 rings (SSSR count). The Morgan fingerprint density at radius 1 is 1.21 bits per heavy atom. The molecule has 0 amide bonds. The van der Waals surface area contributed by atoms with Crippen LogP contribution in [0.1, 0.15) is 6.92 Å². The molecule has 0 aromatic rings. The van der Waals surface area contributed by atoms with Crippen molar-refractivity contribution < 1.29 is 19.1 Å². The van der Waals surface area contributed by atoms with Crippen LogP contribution in [0.2, 0.25) is 0 Å². The summed E-state index contributed by atoms with van der Waals surface area (Å²) in [6, 6.07) is 0. The third kappa shape index (κ3) is 1.90. The molecule has 0 N–H and O–H groups in total. The van der Waals surface area contributed by atoms with Crippen LogP contribution in [0.25, 0.3) is 0 Å². The molecule has 4 heteroatoms. The highest BCUT2D eigenvalue weighted by atomic mass is 16.6. The molecular formula is C10H10O4. The van der Waals surface area contributed by atoms with Crippen LogP contribution in [0.4, 0.5) is 0 Å². The van der Waals surface area contributed by atoms with Crippen molar-refractivity contribution in [3.63, 3.8) is 0 Å². The van der Waals surface area contributed by atoms with Gasteiger partial charge in [0.2, 0.25) is 0 Å². The van der Waals surface area contributed by atoms with Gasteiger partial charge in [-0.3, -0.25) is 4.79 Å². The number of ether oxygens (including phenoxy) is 2. The first-order chi connectivity index (χ1) is 6.66. The van der Waals surface area contributed by atoms with Crippen molar-refractivity contribution in [3.8, 4) is 0 Å². The van der Waals surface area contributed by atoms with E-state index in [1.165, 1.54) is 12.2 Å². The van der Waals surface area contributed by atoms with Gasteiger partial charge in [0.25, 0.3) is 0 Å². The molecule has 3 atom stereocenters. The fourth-order valence-electron chi connectivity index (χ4n) is 1.35. The van der Waals surface area contributed by atoms with E-state index in [0.717, 1.165) is 6.08 Å². The number of allylic oxidation sites excluding steroid dienone is 2. The highest BCUT2D eigenvalue weighted by Gasteiger charge is 2.43. The summed E-state index contributed by atoms with van der Waals surface area (Å²) in [5.74, 6) is -0.735. The fourth-order valence-corrected chi connectivity index (χ4v) is 1.35. The van der Waals surface area contributed by atoms with E-state index < -0.39 is 5.97 Å². The Hall–Kier alpha value is -1.42. The molecule has 0 aliphatic carbocycles. The lowest BCUT2D eigenvalue weighted by molar-refractivity contribution is -0.143. The van der Waals surface area contributed by atoms with Gasteiger partial charge >= 0.3 is 5.97 Å². The Kier molecular flexibility index (Phi) is 2.21. The topological polar surface area (TPSA) is 55.9 Å². The van der Waals surface area contributed by atoms with E-state index in [1.807, 2.05) is 0 Å². The predicted molar refractivity (Wildman–Crippen MR) is 47.5 cm³/mol. The maximum absolute atomic E-state index is 11.1. The molecule has 0 bridgehead atoms. The summed E-state index contributed by atoms with van der Waals surface area (Å²) in [5, 5.41) is 0. The number of epoxide rings is 1. The molecule has 2 aliphatic rings. The zero-order chi connectivity index (χ0) is 10.1. The Balaban J connectivity index is 2.15. The van der Waals surface area contributed by atoms with Crippen molar-refractivity contribution in [3.05, 3.63) is 24.3 Å². The first-order valence-corrected chi connectivity index (χ1v) is 4.43. The third-order valence-corrected chi connectivity index (χ3v) is 2.16. The number of rotatable bonds is 0. The highest BCUT2D eigenvalue weighted by Crippen LogP contribution is 2.28. The number of hydrogen-bond acceptors (Lipinski definition) is 4. The van der Waals surface area contributed by atoms with Crippen LogP contribution in [0, 0.1) is 0 Å². The second-order valence-electron chi connectivity index (χ2n) is 3.30. The molecule has 14 heavy (non-hydrogen) atoms. The summed E-state index contributed by atoms with van der Waals surface area (Å²) in [6.45, 7) is 1.77. The van der Waals surface area contributed by atoms with Crippen LogP contribution in [0.3, 0.4) is 0 Å². The third-order valence-electron chi connectivity index (χ3n) is 2.16. The van der Waals surface area contributed by atoms with Crippen LogP contribution in [-0.2, 0) is 19.1 Å². The van der Waals surface area contributed by atoms with Crippen LogP contribution >= 0.6 is 0 Å². The number of hydrogen-bond donors (Lipinski definition) is 0. The monoisotopic (exact) mass is 194 g/mol. The van der Waals surface area contributed by atoms with Crippen molar-refractivity contribution in [2.75, 3.05) is 0 Å². The minimum Gasteiger partial charge on any atom is -0.457 e. The molecule has 1 saturated heterocycles. The van der Waals surface area contributed by atoms with E-state index in [0.29, 0.717) is 0 Å². The van der Waals surface area contributed by atoms with E-state index in [9.17, 15) is 9.59 Å². The summed E-state index contributed by atoms with van der Waals surface area (Å²) < 4.78 is 10.2. The van der Waals surface area contributed by atoms with E-state index in [1.54, 1.807) is 13.0 Å². The molecule has 0 unspecified atom stereocenters. The molecule has 2 heterocycles. The summed E-state index contributed by atoms with van der Waals surface area (Å²) in [6.07, 6.45) is 4.96. The number of ketones is 1. The Labute approximate surface area is 81.2 Å². The molecule has 74 valence electrons. The molecule has 0 saturated carbocycles. The number of carbonyl (C=O) groups is 2. The largest absolute Gasteiger partial charge is 0.457 e. The maximum Gasteiger partial charge on any atom is 0.331 e. The normalized spacial score (nSPS) is 40.8. The number of fused-ring (bicyclic) bond motifs is 1. The Morgan fingerprint density at radius 3 is 2.79 bits per heavy atom. The molecule has 0 spiro atoms. The highest BCUT2D eigenvalue weighted by molar-refractivity contribution is 6.02. The van der Waals surface area contributed by atoms with Crippen molar-refractivity contribution in [1.29, 1.82) is 0 Å². The maximum atomic E-state index is 11.1. The molecular weight excluding hydrogens is 184 g/mol. The molecule has 0 aromatic heterocycles. The zero-order valence-electron chi connectivity index (χ0n) is 7.67. The SMILES string of the molecule is C[C@H]1OC(=O)/C=C\C(=O)/C=C/[C@H]2O[C@@H]12. The standard InChI is InChI=1S/C10H10O4/c1-6-10-8(14-10)4-2-7(11)3-5-9(12)13-6/h2-6,8,10H,1H3/b4-2+,5-3-/t6-,8-,10+/m1/s1. The summed E-state index contributed by atoms with van der Waals surface area (Å²) in [4.78, 5) is 22.1. The van der Waals surface area contributed by atoms with Crippen LogP contribution < -0.4 is 0 Å². The van der Waals surface area contributed by atoms with Crippen molar-refractivity contribution in [1.82, 2.24) is 0 Å². The van der Waals surface area contributed by atoms with Gasteiger partial charge in [0.1, 0.15) is 18.3 Å². The second kappa shape index (κ2) is 3.38. The molecule has 4 nitrogen and oxygen atoms in total. The predicted octanol–water partition coefficient (Wildman–Crippen LogP) is 0.381. The van der Waals surface area contributed by atoms with E-state index in [-0.39, 0.29) is 24.1 Å². The summed E-state index contributed by atoms with van der Waals surface area (Å²) in [7, 11) is 0. The summed E-state index contributed by atoms with van der Waals surface area (Å²) in [5.41, 5.74) is 0. The molecule has 0 radical (unpaired) electrons. The Morgan fingerprint density at radius 2 is 2.00 bits per heavy atom. The van der Waals surface area contributed by atoms with E-state index in [2.05, 4.69) is 0 Å². The molecule has 1 fully saturated rings.